The average Bonchev–Trinajstić information content (AvgIpc) is 3.06. The van der Waals surface area contributed by atoms with Gasteiger partial charge in [0.25, 0.3) is 5.91 Å². The molecule has 4 heteroatoms. The molecule has 3 rings (SSSR count). The van der Waals surface area contributed by atoms with E-state index in [1.165, 1.54) is 0 Å². The van der Waals surface area contributed by atoms with Crippen molar-refractivity contribution in [1.29, 1.82) is 5.26 Å². The molecule has 2 aromatic carbocycles. The summed E-state index contributed by atoms with van der Waals surface area (Å²) in [5.41, 5.74) is 2.12. The molecule has 1 N–H and O–H groups in total. The maximum atomic E-state index is 12.3. The highest BCUT2D eigenvalue weighted by Crippen LogP contribution is 2.40. The molecule has 0 unspecified atom stereocenters. The SMILES string of the molecule is N#CC1(c2ccc(NC(=O)c3cccc(I)c3)cc2)CCCC1. The van der Waals surface area contributed by atoms with Crippen LogP contribution in [0.1, 0.15) is 41.6 Å². The van der Waals surface area contributed by atoms with Crippen molar-refractivity contribution in [3.63, 3.8) is 0 Å². The molecule has 1 saturated carbocycles. The van der Waals surface area contributed by atoms with Gasteiger partial charge in [0.15, 0.2) is 0 Å². The number of nitrogens with zero attached hydrogens (tertiary/aromatic N) is 1. The molecule has 1 amide bonds. The number of rotatable bonds is 3. The first kappa shape index (κ1) is 16.0. The number of carbonyl (C=O) groups excluding carboxylic acids is 1. The van der Waals surface area contributed by atoms with Crippen molar-refractivity contribution < 1.29 is 4.79 Å². The Morgan fingerprint density at radius 3 is 2.43 bits per heavy atom. The van der Waals surface area contributed by atoms with Crippen LogP contribution in [-0.4, -0.2) is 5.91 Å². The highest BCUT2D eigenvalue weighted by atomic mass is 127. The van der Waals surface area contributed by atoms with Crippen molar-refractivity contribution in [1.82, 2.24) is 0 Å². The van der Waals surface area contributed by atoms with Crippen LogP contribution >= 0.6 is 22.6 Å². The Balaban J connectivity index is 1.75. The summed E-state index contributed by atoms with van der Waals surface area (Å²) >= 11 is 2.19. The fourth-order valence-corrected chi connectivity index (χ4v) is 3.69. The minimum atomic E-state index is -0.335. The molecular weight excluding hydrogens is 399 g/mol. The summed E-state index contributed by atoms with van der Waals surface area (Å²) in [5, 5.41) is 12.4. The molecule has 0 aromatic heterocycles. The maximum absolute atomic E-state index is 12.3. The van der Waals surface area contributed by atoms with Crippen molar-refractivity contribution >= 4 is 34.2 Å². The Morgan fingerprint density at radius 2 is 1.83 bits per heavy atom. The Labute approximate surface area is 149 Å². The molecular formula is C19H17IN2O. The zero-order chi connectivity index (χ0) is 16.3. The van der Waals surface area contributed by atoms with Crippen LogP contribution in [0.2, 0.25) is 0 Å². The lowest BCUT2D eigenvalue weighted by Gasteiger charge is -2.21. The molecule has 0 radical (unpaired) electrons. The number of nitriles is 1. The van der Waals surface area contributed by atoms with Gasteiger partial charge in [-0.05, 0) is 71.3 Å². The van der Waals surface area contributed by atoms with Crippen molar-refractivity contribution in [2.24, 2.45) is 0 Å². The number of hydrogen-bond acceptors (Lipinski definition) is 2. The Kier molecular flexibility index (Phi) is 4.67. The van der Waals surface area contributed by atoms with E-state index in [0.717, 1.165) is 40.5 Å². The summed E-state index contributed by atoms with van der Waals surface area (Å²) in [6.07, 6.45) is 4.08. The van der Waals surface area contributed by atoms with Crippen LogP contribution in [0.4, 0.5) is 5.69 Å². The lowest BCUT2D eigenvalue weighted by Crippen LogP contribution is -2.19. The van der Waals surface area contributed by atoms with Gasteiger partial charge in [0, 0.05) is 14.8 Å². The van der Waals surface area contributed by atoms with E-state index in [1.807, 2.05) is 42.5 Å². The molecule has 1 fully saturated rings. The zero-order valence-corrected chi connectivity index (χ0v) is 14.8. The standard InChI is InChI=1S/C19H17IN2O/c20-16-5-3-4-14(12-16)18(23)22-17-8-6-15(7-9-17)19(13-21)10-1-2-11-19/h3-9,12H,1-2,10-11H2,(H,22,23). The van der Waals surface area contributed by atoms with E-state index in [1.54, 1.807) is 6.07 Å². The number of nitrogens with one attached hydrogen (secondary N) is 1. The first-order chi connectivity index (χ1) is 11.1. The molecule has 116 valence electrons. The third-order valence-corrected chi connectivity index (χ3v) is 5.12. The van der Waals surface area contributed by atoms with Gasteiger partial charge in [-0.3, -0.25) is 4.79 Å². The van der Waals surface area contributed by atoms with Gasteiger partial charge >= 0.3 is 0 Å². The first-order valence-corrected chi connectivity index (χ1v) is 8.80. The summed E-state index contributed by atoms with van der Waals surface area (Å²) in [7, 11) is 0. The van der Waals surface area contributed by atoms with Gasteiger partial charge in [-0.2, -0.15) is 5.26 Å². The third kappa shape index (κ3) is 3.40. The van der Waals surface area contributed by atoms with E-state index >= 15 is 0 Å². The molecule has 23 heavy (non-hydrogen) atoms. The van der Waals surface area contributed by atoms with Crippen LogP contribution in [0.5, 0.6) is 0 Å². The number of carbonyl (C=O) groups is 1. The molecule has 0 saturated heterocycles. The van der Waals surface area contributed by atoms with Crippen molar-refractivity contribution in [3.8, 4) is 6.07 Å². The lowest BCUT2D eigenvalue weighted by atomic mass is 9.80. The fourth-order valence-electron chi connectivity index (χ4n) is 3.15. The Hall–Kier alpha value is -1.87. The van der Waals surface area contributed by atoms with Gasteiger partial charge in [-0.1, -0.05) is 31.0 Å². The molecule has 1 aliphatic rings. The molecule has 0 aliphatic heterocycles. The normalized spacial score (nSPS) is 15.8. The molecule has 2 aromatic rings. The molecule has 0 bridgehead atoms. The molecule has 1 aliphatic carbocycles. The largest absolute Gasteiger partial charge is 0.322 e. The van der Waals surface area contributed by atoms with Crippen LogP contribution in [0.15, 0.2) is 48.5 Å². The summed E-state index contributed by atoms with van der Waals surface area (Å²) in [6, 6.07) is 17.7. The van der Waals surface area contributed by atoms with Gasteiger partial charge in [0.05, 0.1) is 11.5 Å². The van der Waals surface area contributed by atoms with Gasteiger partial charge < -0.3 is 5.32 Å². The number of anilines is 1. The number of hydrogen-bond donors (Lipinski definition) is 1. The summed E-state index contributed by atoms with van der Waals surface area (Å²) in [6.45, 7) is 0. The molecule has 0 atom stereocenters. The van der Waals surface area contributed by atoms with Crippen molar-refractivity contribution in [3.05, 3.63) is 63.2 Å². The lowest BCUT2D eigenvalue weighted by molar-refractivity contribution is 0.102. The van der Waals surface area contributed by atoms with E-state index in [2.05, 4.69) is 34.0 Å². The Bertz CT molecular complexity index is 756. The Morgan fingerprint density at radius 1 is 1.13 bits per heavy atom. The zero-order valence-electron chi connectivity index (χ0n) is 12.7. The van der Waals surface area contributed by atoms with Gasteiger partial charge in [0.2, 0.25) is 0 Å². The quantitative estimate of drug-likeness (QED) is 0.726. The van der Waals surface area contributed by atoms with Gasteiger partial charge in [-0.15, -0.1) is 0 Å². The predicted octanol–water partition coefficient (Wildman–Crippen LogP) is 4.88. The summed E-state index contributed by atoms with van der Waals surface area (Å²) < 4.78 is 1.03. The number of amides is 1. The topological polar surface area (TPSA) is 52.9 Å². The van der Waals surface area contributed by atoms with Gasteiger partial charge in [0.1, 0.15) is 0 Å². The maximum Gasteiger partial charge on any atom is 0.255 e. The second-order valence-electron chi connectivity index (χ2n) is 5.94. The highest BCUT2D eigenvalue weighted by molar-refractivity contribution is 14.1. The minimum absolute atomic E-state index is 0.118. The third-order valence-electron chi connectivity index (χ3n) is 4.45. The monoisotopic (exact) mass is 416 g/mol. The average molecular weight is 416 g/mol. The van der Waals surface area contributed by atoms with Crippen LogP contribution in [0.25, 0.3) is 0 Å². The summed E-state index contributed by atoms with van der Waals surface area (Å²) in [5.74, 6) is -0.118. The number of halogens is 1. The first-order valence-electron chi connectivity index (χ1n) is 7.72. The second-order valence-corrected chi connectivity index (χ2v) is 7.19. The van der Waals surface area contributed by atoms with E-state index < -0.39 is 0 Å². The van der Waals surface area contributed by atoms with Crippen LogP contribution in [0, 0.1) is 14.9 Å². The van der Waals surface area contributed by atoms with E-state index in [4.69, 9.17) is 0 Å². The van der Waals surface area contributed by atoms with E-state index in [9.17, 15) is 10.1 Å². The van der Waals surface area contributed by atoms with Crippen LogP contribution in [-0.2, 0) is 5.41 Å². The van der Waals surface area contributed by atoms with Gasteiger partial charge in [-0.25, -0.2) is 0 Å². The van der Waals surface area contributed by atoms with Crippen molar-refractivity contribution in [2.75, 3.05) is 5.32 Å². The fraction of sp³-hybridized carbons (Fsp3) is 0.263. The van der Waals surface area contributed by atoms with Crippen LogP contribution in [0.3, 0.4) is 0 Å². The van der Waals surface area contributed by atoms with E-state index in [-0.39, 0.29) is 11.3 Å². The number of benzene rings is 2. The molecule has 3 nitrogen and oxygen atoms in total. The van der Waals surface area contributed by atoms with E-state index in [0.29, 0.717) is 5.56 Å². The van der Waals surface area contributed by atoms with Crippen molar-refractivity contribution in [2.45, 2.75) is 31.1 Å². The highest BCUT2D eigenvalue weighted by Gasteiger charge is 2.35. The predicted molar refractivity (Wildman–Crippen MR) is 99.3 cm³/mol. The minimum Gasteiger partial charge on any atom is -0.322 e. The smallest absolute Gasteiger partial charge is 0.255 e. The molecule has 0 heterocycles. The molecule has 0 spiro atoms. The second kappa shape index (κ2) is 6.71. The van der Waals surface area contributed by atoms with Crippen LogP contribution < -0.4 is 5.32 Å². The summed E-state index contributed by atoms with van der Waals surface area (Å²) in [4.78, 5) is 12.3.